The smallest absolute Gasteiger partial charge is 0.0534 e. The van der Waals surface area contributed by atoms with Crippen LogP contribution in [0.5, 0.6) is 0 Å². The van der Waals surface area contributed by atoms with Crippen molar-refractivity contribution in [3.8, 4) is 33.4 Å². The van der Waals surface area contributed by atoms with Gasteiger partial charge in [-0.2, -0.15) is 0 Å². The van der Waals surface area contributed by atoms with Crippen molar-refractivity contribution < 1.29 is 0 Å². The zero-order valence-corrected chi connectivity index (χ0v) is 34.4. The molecule has 0 aliphatic heterocycles. The van der Waals surface area contributed by atoms with Crippen molar-refractivity contribution in [1.82, 2.24) is 0 Å². The molecule has 0 atom stereocenters. The molecule has 0 unspecified atom stereocenters. The fourth-order valence-corrected chi connectivity index (χ4v) is 12.0. The molecule has 1 aliphatic rings. The Kier molecular flexibility index (Phi) is 8.82. The van der Waals surface area contributed by atoms with E-state index >= 15 is 0 Å². The maximum atomic E-state index is 4.88. The first kappa shape index (κ1) is 34.7. The summed E-state index contributed by atoms with van der Waals surface area (Å²) in [5.41, 5.74) is 12.5. The summed E-state index contributed by atoms with van der Waals surface area (Å²) in [5, 5.41) is 8.98. The standard InChI is InChI=1S/C53H36S4/c54-48-23-17-37(28-41(48)15-8-16-42-32-55-49-24-18-38(29-45(42)49)33-9-3-1-4-10-33)35-13-7-14-36(27-35)40-20-26-51-47(31-40)44-22-21-43-46-30-39(34-11-5-2-6-12-34)19-25-50(46)56-52(43)53(44)57-51/h1,3-5,7-14,16-32,54H,2,6,15H2/b16-8-. The SMILES string of the molecule is Sc1ccc(-c2cccc(-c3ccc4sc5c(ccc6c7cc(C8=CCCC=C8)ccc7sc65)c4c3)c2)cc1C/C=C\c1csc2ccc(-c3ccccc3)cc12. The van der Waals surface area contributed by atoms with Crippen molar-refractivity contribution in [3.05, 3.63) is 186 Å². The van der Waals surface area contributed by atoms with Crippen molar-refractivity contribution in [2.45, 2.75) is 24.2 Å². The molecule has 0 saturated heterocycles. The maximum Gasteiger partial charge on any atom is 0.0534 e. The molecular formula is C53H36S4. The number of hydrogen-bond donors (Lipinski definition) is 1. The Morgan fingerprint density at radius 3 is 1.86 bits per heavy atom. The van der Waals surface area contributed by atoms with Gasteiger partial charge in [0.1, 0.15) is 0 Å². The molecule has 1 aliphatic carbocycles. The number of rotatable bonds is 7. The predicted molar refractivity (Wildman–Crippen MR) is 257 cm³/mol. The van der Waals surface area contributed by atoms with Crippen LogP contribution in [0.15, 0.2) is 174 Å². The van der Waals surface area contributed by atoms with Crippen LogP contribution in [0.2, 0.25) is 0 Å². The second kappa shape index (κ2) is 14.5. The Morgan fingerprint density at radius 2 is 1.12 bits per heavy atom. The van der Waals surface area contributed by atoms with Crippen molar-refractivity contribution in [2.75, 3.05) is 0 Å². The van der Waals surface area contributed by atoms with E-state index in [0.29, 0.717) is 0 Å². The van der Waals surface area contributed by atoms with Crippen molar-refractivity contribution in [3.63, 3.8) is 0 Å². The van der Waals surface area contributed by atoms with Crippen molar-refractivity contribution in [1.29, 1.82) is 0 Å². The average molecular weight is 801 g/mol. The molecule has 0 bridgehead atoms. The minimum absolute atomic E-state index is 0.813. The molecule has 0 radical (unpaired) electrons. The monoisotopic (exact) mass is 800 g/mol. The van der Waals surface area contributed by atoms with E-state index in [-0.39, 0.29) is 0 Å². The molecule has 0 amide bonds. The van der Waals surface area contributed by atoms with Crippen LogP contribution in [-0.2, 0) is 6.42 Å². The van der Waals surface area contributed by atoms with Gasteiger partial charge in [-0.15, -0.1) is 46.6 Å². The molecule has 4 heteroatoms. The lowest BCUT2D eigenvalue weighted by Gasteiger charge is -2.10. The van der Waals surface area contributed by atoms with E-state index in [4.69, 9.17) is 12.6 Å². The van der Waals surface area contributed by atoms with Gasteiger partial charge in [0.15, 0.2) is 0 Å². The van der Waals surface area contributed by atoms with E-state index in [9.17, 15) is 0 Å². The summed E-state index contributed by atoms with van der Waals surface area (Å²) in [5.74, 6) is 0. The Morgan fingerprint density at radius 1 is 0.509 bits per heavy atom. The van der Waals surface area contributed by atoms with E-state index in [1.807, 2.05) is 22.7 Å². The normalized spacial score (nSPS) is 13.2. The van der Waals surface area contributed by atoms with Crippen LogP contribution in [0.4, 0.5) is 0 Å². The van der Waals surface area contributed by atoms with Gasteiger partial charge in [-0.25, -0.2) is 0 Å². The molecule has 0 fully saturated rings. The third kappa shape index (κ3) is 6.38. The number of hydrogen-bond acceptors (Lipinski definition) is 4. The molecule has 0 spiro atoms. The zero-order valence-electron chi connectivity index (χ0n) is 31.0. The molecule has 57 heavy (non-hydrogen) atoms. The number of benzene rings is 7. The van der Waals surface area contributed by atoms with Gasteiger partial charge < -0.3 is 0 Å². The first-order valence-corrected chi connectivity index (χ1v) is 22.4. The van der Waals surface area contributed by atoms with Gasteiger partial charge in [-0.1, -0.05) is 115 Å². The summed E-state index contributed by atoms with van der Waals surface area (Å²) in [6, 6.07) is 51.8. The highest BCUT2D eigenvalue weighted by atomic mass is 32.1. The lowest BCUT2D eigenvalue weighted by Crippen LogP contribution is -1.88. The second-order valence-corrected chi connectivity index (χ2v) is 18.4. The molecule has 3 heterocycles. The van der Waals surface area contributed by atoms with Gasteiger partial charge in [0, 0.05) is 45.9 Å². The molecule has 11 rings (SSSR count). The Hall–Kier alpha value is -5.49. The quantitative estimate of drug-likeness (QED) is 0.153. The average Bonchev–Trinajstić information content (AvgIpc) is 3.97. The first-order valence-electron chi connectivity index (χ1n) is 19.5. The van der Waals surface area contributed by atoms with Crippen LogP contribution in [0.25, 0.3) is 95.5 Å². The Labute approximate surface area is 349 Å². The van der Waals surface area contributed by atoms with Gasteiger partial charge in [-0.05, 0) is 135 Å². The lowest BCUT2D eigenvalue weighted by atomic mass is 9.96. The largest absolute Gasteiger partial charge is 0.143 e. The molecule has 0 nitrogen and oxygen atoms in total. The summed E-state index contributed by atoms with van der Waals surface area (Å²) in [6.07, 6.45) is 14.6. The van der Waals surface area contributed by atoms with Gasteiger partial charge in [-0.3, -0.25) is 0 Å². The van der Waals surface area contributed by atoms with E-state index in [0.717, 1.165) is 24.2 Å². The number of thiol groups is 1. The third-order valence-corrected chi connectivity index (χ3v) is 15.3. The second-order valence-electron chi connectivity index (χ2n) is 14.9. The molecule has 10 aromatic rings. The Balaban J connectivity index is 0.882. The lowest BCUT2D eigenvalue weighted by molar-refractivity contribution is 1.04. The Bertz CT molecular complexity index is 3270. The van der Waals surface area contributed by atoms with Gasteiger partial charge in [0.05, 0.1) is 9.40 Å². The topological polar surface area (TPSA) is 0 Å². The molecule has 7 aromatic carbocycles. The minimum Gasteiger partial charge on any atom is -0.143 e. The van der Waals surface area contributed by atoms with Crippen LogP contribution < -0.4 is 0 Å². The van der Waals surface area contributed by atoms with Crippen LogP contribution in [0.3, 0.4) is 0 Å². The van der Waals surface area contributed by atoms with Crippen LogP contribution in [0.1, 0.15) is 29.5 Å². The van der Waals surface area contributed by atoms with Crippen LogP contribution >= 0.6 is 46.6 Å². The maximum absolute atomic E-state index is 4.88. The van der Waals surface area contributed by atoms with E-state index in [2.05, 4.69) is 175 Å². The van der Waals surface area contributed by atoms with Gasteiger partial charge in [0.25, 0.3) is 0 Å². The van der Waals surface area contributed by atoms with E-state index in [1.165, 1.54) is 106 Å². The zero-order chi connectivity index (χ0) is 37.9. The number of fused-ring (bicyclic) bond motifs is 8. The molecule has 0 N–H and O–H groups in total. The highest BCUT2D eigenvalue weighted by Gasteiger charge is 2.15. The minimum atomic E-state index is 0.813. The van der Waals surface area contributed by atoms with Crippen molar-refractivity contribution in [2.24, 2.45) is 0 Å². The molecule has 272 valence electrons. The summed E-state index contributed by atoms with van der Waals surface area (Å²) in [4.78, 5) is 1.02. The molecule has 0 saturated carbocycles. The number of thiophene rings is 3. The summed E-state index contributed by atoms with van der Waals surface area (Å²) >= 11 is 10.5. The van der Waals surface area contributed by atoms with Gasteiger partial charge >= 0.3 is 0 Å². The fourth-order valence-electron chi connectivity index (χ4n) is 8.36. The molecule has 3 aromatic heterocycles. The van der Waals surface area contributed by atoms with E-state index in [1.54, 1.807) is 11.3 Å². The summed E-state index contributed by atoms with van der Waals surface area (Å²) in [7, 11) is 0. The predicted octanol–water partition coefficient (Wildman–Crippen LogP) is 16.9. The van der Waals surface area contributed by atoms with Crippen LogP contribution in [0, 0.1) is 0 Å². The number of allylic oxidation sites excluding steroid dienone is 5. The van der Waals surface area contributed by atoms with Crippen LogP contribution in [-0.4, -0.2) is 0 Å². The van der Waals surface area contributed by atoms with E-state index < -0.39 is 0 Å². The highest BCUT2D eigenvalue weighted by Crippen LogP contribution is 2.46. The fraction of sp³-hybridized carbons (Fsp3) is 0.0566. The highest BCUT2D eigenvalue weighted by molar-refractivity contribution is 7.80. The van der Waals surface area contributed by atoms with Crippen molar-refractivity contribution >= 4 is 109 Å². The summed E-state index contributed by atoms with van der Waals surface area (Å²) < 4.78 is 6.80. The first-order chi connectivity index (χ1) is 28.1. The summed E-state index contributed by atoms with van der Waals surface area (Å²) in [6.45, 7) is 0. The third-order valence-electron chi connectivity index (χ3n) is 11.4. The molecular weight excluding hydrogens is 765 g/mol. The van der Waals surface area contributed by atoms with Gasteiger partial charge in [0.2, 0.25) is 0 Å².